The minimum Gasteiger partial charge on any atom is -0.385 e. The molecule has 0 N–H and O–H groups in total. The molecule has 29 heavy (non-hydrogen) atoms. The fourth-order valence-electron chi connectivity index (χ4n) is 3.65. The Balaban J connectivity index is 2.43. The first-order valence-corrected chi connectivity index (χ1v) is 9.87. The lowest BCUT2D eigenvalue weighted by atomic mass is 9.75. The van der Waals surface area contributed by atoms with E-state index in [1.165, 1.54) is 4.90 Å². The largest absolute Gasteiger partial charge is 0.385 e. The summed E-state index contributed by atoms with van der Waals surface area (Å²) in [6, 6.07) is 6.88. The van der Waals surface area contributed by atoms with Crippen molar-refractivity contribution in [2.75, 3.05) is 33.4 Å². The Labute approximate surface area is 176 Å². The standard InChI is InChI=1S/C22H27ClN2O4/c1-4-11-24(12-5-2)19(26)15-22(17-9-6-7-10-18(17)23)16-20(27)25(21(22)28)13-8-14-29-3/h4-7,9-10H,1-2,8,11-16H2,3H3/t22-/m1/s1. The number of imide groups is 1. The quantitative estimate of drug-likeness (QED) is 0.315. The van der Waals surface area contributed by atoms with Gasteiger partial charge in [0.05, 0.1) is 5.41 Å². The lowest BCUT2D eigenvalue weighted by Gasteiger charge is -2.30. The highest BCUT2D eigenvalue weighted by molar-refractivity contribution is 6.32. The fourth-order valence-corrected chi connectivity index (χ4v) is 3.96. The first-order chi connectivity index (χ1) is 13.9. The molecule has 1 aliphatic heterocycles. The van der Waals surface area contributed by atoms with Gasteiger partial charge < -0.3 is 9.64 Å². The lowest BCUT2D eigenvalue weighted by Crippen LogP contribution is -2.44. The number of methoxy groups -OCH3 is 1. The van der Waals surface area contributed by atoms with Crippen LogP contribution in [0.3, 0.4) is 0 Å². The molecule has 156 valence electrons. The van der Waals surface area contributed by atoms with Crippen LogP contribution < -0.4 is 0 Å². The number of carbonyl (C=O) groups excluding carboxylic acids is 3. The van der Waals surface area contributed by atoms with E-state index in [1.807, 2.05) is 0 Å². The molecule has 1 saturated heterocycles. The molecule has 1 aliphatic rings. The molecule has 0 spiro atoms. The average Bonchev–Trinajstić information content (AvgIpc) is 2.93. The molecule has 1 heterocycles. The summed E-state index contributed by atoms with van der Waals surface area (Å²) in [7, 11) is 1.56. The average molecular weight is 419 g/mol. The summed E-state index contributed by atoms with van der Waals surface area (Å²) in [5.41, 5.74) is -0.819. The summed E-state index contributed by atoms with van der Waals surface area (Å²) in [6.07, 6.45) is 3.51. The Hall–Kier alpha value is -2.44. The number of hydrogen-bond donors (Lipinski definition) is 0. The fraction of sp³-hybridized carbons (Fsp3) is 0.409. The van der Waals surface area contributed by atoms with Crippen LogP contribution in [0.4, 0.5) is 0 Å². The molecule has 3 amide bonds. The third-order valence-electron chi connectivity index (χ3n) is 5.03. The van der Waals surface area contributed by atoms with Crippen molar-refractivity contribution in [2.24, 2.45) is 0 Å². The number of rotatable bonds is 11. The van der Waals surface area contributed by atoms with E-state index in [1.54, 1.807) is 48.4 Å². The van der Waals surface area contributed by atoms with Crippen LogP contribution in [0.25, 0.3) is 0 Å². The van der Waals surface area contributed by atoms with Gasteiger partial charge in [0.1, 0.15) is 0 Å². The molecule has 1 aromatic rings. The van der Waals surface area contributed by atoms with Gasteiger partial charge in [0, 0.05) is 51.2 Å². The number of nitrogens with zero attached hydrogens (tertiary/aromatic N) is 2. The molecule has 6 nitrogen and oxygen atoms in total. The van der Waals surface area contributed by atoms with Crippen molar-refractivity contribution in [2.45, 2.75) is 24.7 Å². The van der Waals surface area contributed by atoms with Gasteiger partial charge in [-0.3, -0.25) is 19.3 Å². The van der Waals surface area contributed by atoms with Gasteiger partial charge in [0.15, 0.2) is 0 Å². The van der Waals surface area contributed by atoms with Crippen molar-refractivity contribution in [3.8, 4) is 0 Å². The van der Waals surface area contributed by atoms with Crippen molar-refractivity contribution in [1.29, 1.82) is 0 Å². The Bertz CT molecular complexity index is 785. The van der Waals surface area contributed by atoms with Crippen molar-refractivity contribution in [3.63, 3.8) is 0 Å². The van der Waals surface area contributed by atoms with Crippen LogP contribution in [0, 0.1) is 0 Å². The van der Waals surface area contributed by atoms with Crippen molar-refractivity contribution < 1.29 is 19.1 Å². The van der Waals surface area contributed by atoms with Gasteiger partial charge in [-0.2, -0.15) is 0 Å². The van der Waals surface area contributed by atoms with Gasteiger partial charge in [-0.05, 0) is 18.1 Å². The monoisotopic (exact) mass is 418 g/mol. The molecule has 1 atom stereocenters. The molecule has 1 fully saturated rings. The number of carbonyl (C=O) groups is 3. The SMILES string of the molecule is C=CCN(CC=C)C(=O)C[C@]1(c2ccccc2Cl)CC(=O)N(CCCOC)C1=O. The maximum atomic E-state index is 13.5. The summed E-state index contributed by atoms with van der Waals surface area (Å²) in [6.45, 7) is 8.68. The molecule has 0 aromatic heterocycles. The van der Waals surface area contributed by atoms with E-state index in [4.69, 9.17) is 16.3 Å². The van der Waals surface area contributed by atoms with E-state index in [-0.39, 0.29) is 31.2 Å². The summed E-state index contributed by atoms with van der Waals surface area (Å²) < 4.78 is 5.03. The zero-order chi connectivity index (χ0) is 21.4. The van der Waals surface area contributed by atoms with E-state index < -0.39 is 11.3 Å². The number of ether oxygens (including phenoxy) is 1. The highest BCUT2D eigenvalue weighted by atomic mass is 35.5. The summed E-state index contributed by atoms with van der Waals surface area (Å²) in [4.78, 5) is 42.0. The molecule has 7 heteroatoms. The van der Waals surface area contributed by atoms with E-state index in [2.05, 4.69) is 13.2 Å². The molecule has 0 unspecified atom stereocenters. The van der Waals surface area contributed by atoms with E-state index in [0.29, 0.717) is 36.7 Å². The second-order valence-corrected chi connectivity index (χ2v) is 7.40. The number of amides is 3. The van der Waals surface area contributed by atoms with Crippen LogP contribution in [0.5, 0.6) is 0 Å². The summed E-state index contributed by atoms with van der Waals surface area (Å²) in [5.74, 6) is -0.959. The first-order valence-electron chi connectivity index (χ1n) is 9.49. The molecule has 0 bridgehead atoms. The van der Waals surface area contributed by atoms with Crippen molar-refractivity contribution in [1.82, 2.24) is 9.80 Å². The number of benzene rings is 1. The van der Waals surface area contributed by atoms with Crippen LogP contribution in [-0.4, -0.2) is 60.9 Å². The lowest BCUT2D eigenvalue weighted by molar-refractivity contribution is -0.142. The van der Waals surface area contributed by atoms with Gasteiger partial charge >= 0.3 is 0 Å². The van der Waals surface area contributed by atoms with Gasteiger partial charge in [-0.1, -0.05) is 42.0 Å². The van der Waals surface area contributed by atoms with Crippen molar-refractivity contribution >= 4 is 29.3 Å². The third-order valence-corrected chi connectivity index (χ3v) is 5.36. The zero-order valence-electron chi connectivity index (χ0n) is 16.7. The maximum Gasteiger partial charge on any atom is 0.240 e. The Morgan fingerprint density at radius 1 is 1.28 bits per heavy atom. The number of hydrogen-bond acceptors (Lipinski definition) is 4. The summed E-state index contributed by atoms with van der Waals surface area (Å²) >= 11 is 6.41. The van der Waals surface area contributed by atoms with E-state index in [0.717, 1.165) is 0 Å². The minimum atomic E-state index is -1.32. The molecular weight excluding hydrogens is 392 g/mol. The normalized spacial score (nSPS) is 18.8. The molecule has 0 radical (unpaired) electrons. The highest BCUT2D eigenvalue weighted by Crippen LogP contribution is 2.43. The number of halogens is 1. The van der Waals surface area contributed by atoms with E-state index >= 15 is 0 Å². The number of likely N-dealkylation sites (tertiary alicyclic amines) is 1. The molecule has 0 saturated carbocycles. The second-order valence-electron chi connectivity index (χ2n) is 6.99. The third kappa shape index (κ3) is 4.95. The highest BCUT2D eigenvalue weighted by Gasteiger charge is 2.54. The van der Waals surface area contributed by atoms with Crippen LogP contribution in [-0.2, 0) is 24.5 Å². The van der Waals surface area contributed by atoms with Crippen molar-refractivity contribution in [3.05, 3.63) is 60.2 Å². The Morgan fingerprint density at radius 2 is 1.93 bits per heavy atom. The predicted molar refractivity (Wildman–Crippen MR) is 113 cm³/mol. The van der Waals surface area contributed by atoms with Gasteiger partial charge in [-0.15, -0.1) is 13.2 Å². The van der Waals surface area contributed by atoms with Gasteiger partial charge in [0.25, 0.3) is 0 Å². The van der Waals surface area contributed by atoms with Crippen LogP contribution in [0.2, 0.25) is 5.02 Å². The van der Waals surface area contributed by atoms with Gasteiger partial charge in [-0.25, -0.2) is 0 Å². The molecular formula is C22H27ClN2O4. The van der Waals surface area contributed by atoms with E-state index in [9.17, 15) is 14.4 Å². The molecule has 2 rings (SSSR count). The van der Waals surface area contributed by atoms with Crippen LogP contribution in [0.15, 0.2) is 49.6 Å². The van der Waals surface area contributed by atoms with Crippen LogP contribution in [0.1, 0.15) is 24.8 Å². The Kier molecular flexibility index (Phi) is 8.17. The Morgan fingerprint density at radius 3 is 2.52 bits per heavy atom. The van der Waals surface area contributed by atoms with Gasteiger partial charge in [0.2, 0.25) is 17.7 Å². The smallest absolute Gasteiger partial charge is 0.240 e. The predicted octanol–water partition coefficient (Wildman–Crippen LogP) is 2.96. The van der Waals surface area contributed by atoms with Crippen LogP contribution >= 0.6 is 11.6 Å². The second kappa shape index (κ2) is 10.4. The summed E-state index contributed by atoms with van der Waals surface area (Å²) in [5, 5.41) is 0.360. The maximum absolute atomic E-state index is 13.5. The topological polar surface area (TPSA) is 66.9 Å². The molecule has 1 aromatic carbocycles. The minimum absolute atomic E-state index is 0.0929. The first kappa shape index (κ1) is 22.8. The molecule has 0 aliphatic carbocycles. The zero-order valence-corrected chi connectivity index (χ0v) is 17.5.